The molecule has 0 aliphatic carbocycles. The Morgan fingerprint density at radius 1 is 1.07 bits per heavy atom. The van der Waals surface area contributed by atoms with E-state index in [1.807, 2.05) is 12.1 Å². The number of carbonyl (C=O) groups is 1. The second kappa shape index (κ2) is 9.26. The summed E-state index contributed by atoms with van der Waals surface area (Å²) in [6.45, 7) is 2.52. The van der Waals surface area contributed by atoms with E-state index in [0.717, 1.165) is 25.8 Å². The summed E-state index contributed by atoms with van der Waals surface area (Å²) in [5.74, 6) is -0.199. The molecule has 2 aromatic rings. The predicted octanol–water partition coefficient (Wildman–Crippen LogP) is 2.51. The summed E-state index contributed by atoms with van der Waals surface area (Å²) < 4.78 is 26.7. The molecule has 0 bridgehead atoms. The van der Waals surface area contributed by atoms with E-state index in [9.17, 15) is 13.2 Å². The van der Waals surface area contributed by atoms with Gasteiger partial charge < -0.3 is 10.6 Å². The van der Waals surface area contributed by atoms with Crippen molar-refractivity contribution in [3.05, 3.63) is 65.2 Å². The van der Waals surface area contributed by atoms with Crippen molar-refractivity contribution in [1.29, 1.82) is 0 Å². The number of rotatable bonds is 5. The van der Waals surface area contributed by atoms with Crippen molar-refractivity contribution < 1.29 is 13.2 Å². The zero-order valence-electron chi connectivity index (χ0n) is 16.1. The highest BCUT2D eigenvalue weighted by molar-refractivity contribution is 7.89. The number of nitrogens with zero attached hydrogens (tertiary/aromatic N) is 1. The first-order valence-corrected chi connectivity index (χ1v) is 11.2. The molecular weight excluding hydrogens is 410 g/mol. The molecule has 6 nitrogen and oxygen atoms in total. The number of hydrogen-bond donors (Lipinski definition) is 2. The van der Waals surface area contributed by atoms with Crippen LogP contribution in [0.1, 0.15) is 40.4 Å². The number of benzene rings is 2. The molecule has 2 heterocycles. The molecule has 2 N–H and O–H groups in total. The molecule has 0 spiro atoms. The molecule has 2 aromatic carbocycles. The highest BCUT2D eigenvalue weighted by Gasteiger charge is 2.27. The number of carbonyl (C=O) groups excluding carboxylic acids is 1. The van der Waals surface area contributed by atoms with Crippen molar-refractivity contribution in [2.24, 2.45) is 0 Å². The van der Waals surface area contributed by atoms with Crippen LogP contribution in [0.5, 0.6) is 0 Å². The lowest BCUT2D eigenvalue weighted by atomic mass is 9.94. The maximum Gasteiger partial charge on any atom is 0.251 e. The SMILES string of the molecule is Cl.O=C(NCC1NCCc2ccccc21)c1ccc(S(=O)(=O)N2CCCC2)cc1. The van der Waals surface area contributed by atoms with Crippen molar-refractivity contribution >= 4 is 28.3 Å². The van der Waals surface area contributed by atoms with Gasteiger partial charge in [0, 0.05) is 31.2 Å². The van der Waals surface area contributed by atoms with Crippen LogP contribution >= 0.6 is 12.4 Å². The lowest BCUT2D eigenvalue weighted by molar-refractivity contribution is 0.0949. The Kier molecular flexibility index (Phi) is 6.95. The fraction of sp³-hybridized carbons (Fsp3) is 0.381. The average Bonchev–Trinajstić information content (AvgIpc) is 3.28. The van der Waals surface area contributed by atoms with Crippen molar-refractivity contribution in [2.45, 2.75) is 30.2 Å². The maximum absolute atomic E-state index is 12.6. The Morgan fingerprint density at radius 3 is 2.48 bits per heavy atom. The minimum atomic E-state index is -3.45. The minimum Gasteiger partial charge on any atom is -0.350 e. The first-order valence-electron chi connectivity index (χ1n) is 9.75. The van der Waals surface area contributed by atoms with Gasteiger partial charge in [-0.05, 0) is 61.2 Å². The van der Waals surface area contributed by atoms with Crippen LogP contribution in [0.25, 0.3) is 0 Å². The molecule has 1 unspecified atom stereocenters. The van der Waals surface area contributed by atoms with E-state index >= 15 is 0 Å². The van der Waals surface area contributed by atoms with Gasteiger partial charge in [-0.25, -0.2) is 8.42 Å². The normalized spacial score (nSPS) is 19.2. The summed E-state index contributed by atoms with van der Waals surface area (Å²) in [4.78, 5) is 12.8. The van der Waals surface area contributed by atoms with Crippen LogP contribution < -0.4 is 10.6 Å². The summed E-state index contributed by atoms with van der Waals surface area (Å²) in [6, 6.07) is 14.6. The van der Waals surface area contributed by atoms with Gasteiger partial charge in [0.2, 0.25) is 10.0 Å². The van der Waals surface area contributed by atoms with E-state index < -0.39 is 10.0 Å². The summed E-state index contributed by atoms with van der Waals surface area (Å²) in [7, 11) is -3.45. The van der Waals surface area contributed by atoms with Crippen LogP contribution in [0.4, 0.5) is 0 Å². The molecule has 1 atom stereocenters. The van der Waals surface area contributed by atoms with E-state index in [-0.39, 0.29) is 29.3 Å². The van der Waals surface area contributed by atoms with Crippen molar-refractivity contribution in [1.82, 2.24) is 14.9 Å². The van der Waals surface area contributed by atoms with Crippen molar-refractivity contribution in [3.8, 4) is 0 Å². The minimum absolute atomic E-state index is 0. The number of sulfonamides is 1. The van der Waals surface area contributed by atoms with Gasteiger partial charge in [-0.3, -0.25) is 4.79 Å². The molecule has 4 rings (SSSR count). The fourth-order valence-electron chi connectivity index (χ4n) is 3.93. The van der Waals surface area contributed by atoms with Crippen LogP contribution in [0, 0.1) is 0 Å². The van der Waals surface area contributed by atoms with E-state index in [1.54, 1.807) is 12.1 Å². The van der Waals surface area contributed by atoms with E-state index in [4.69, 9.17) is 0 Å². The molecule has 0 saturated carbocycles. The lowest BCUT2D eigenvalue weighted by Gasteiger charge is -2.27. The fourth-order valence-corrected chi connectivity index (χ4v) is 5.44. The van der Waals surface area contributed by atoms with Crippen molar-refractivity contribution in [2.75, 3.05) is 26.2 Å². The smallest absolute Gasteiger partial charge is 0.251 e. The van der Waals surface area contributed by atoms with Gasteiger partial charge >= 0.3 is 0 Å². The summed E-state index contributed by atoms with van der Waals surface area (Å²) in [6.07, 6.45) is 2.80. The summed E-state index contributed by atoms with van der Waals surface area (Å²) in [5, 5.41) is 6.40. The second-order valence-electron chi connectivity index (χ2n) is 7.30. The first-order chi connectivity index (χ1) is 13.6. The number of amides is 1. The number of hydrogen-bond acceptors (Lipinski definition) is 4. The van der Waals surface area contributed by atoms with E-state index in [2.05, 4.69) is 22.8 Å². The highest BCUT2D eigenvalue weighted by Crippen LogP contribution is 2.23. The number of halogens is 1. The van der Waals surface area contributed by atoms with Crippen molar-refractivity contribution in [3.63, 3.8) is 0 Å². The molecule has 2 aliphatic rings. The predicted molar refractivity (Wildman–Crippen MR) is 115 cm³/mol. The first kappa shape index (κ1) is 21.8. The van der Waals surface area contributed by atoms with Gasteiger partial charge in [0.1, 0.15) is 0 Å². The standard InChI is InChI=1S/C21H25N3O3S.ClH/c25-21(23-15-20-19-6-2-1-5-16(19)11-12-22-20)17-7-9-18(10-8-17)28(26,27)24-13-3-4-14-24;/h1-2,5-10,20,22H,3-4,11-15H2,(H,23,25);1H. The molecule has 156 valence electrons. The van der Waals surface area contributed by atoms with Crippen LogP contribution in [0.3, 0.4) is 0 Å². The molecule has 29 heavy (non-hydrogen) atoms. The van der Waals surface area contributed by atoms with Crippen LogP contribution in [0.15, 0.2) is 53.4 Å². The molecule has 2 aliphatic heterocycles. The summed E-state index contributed by atoms with van der Waals surface area (Å²) in [5.41, 5.74) is 3.00. The third kappa shape index (κ3) is 4.64. The molecule has 8 heteroatoms. The van der Waals surface area contributed by atoms with E-state index in [1.165, 1.54) is 27.6 Å². The molecule has 1 amide bonds. The zero-order chi connectivity index (χ0) is 19.6. The zero-order valence-corrected chi connectivity index (χ0v) is 17.8. The second-order valence-corrected chi connectivity index (χ2v) is 9.24. The van der Waals surface area contributed by atoms with Gasteiger partial charge in [0.25, 0.3) is 5.91 Å². The lowest BCUT2D eigenvalue weighted by Crippen LogP contribution is -2.38. The highest BCUT2D eigenvalue weighted by atomic mass is 35.5. The largest absolute Gasteiger partial charge is 0.350 e. The molecule has 1 saturated heterocycles. The topological polar surface area (TPSA) is 78.5 Å². The third-order valence-corrected chi connectivity index (χ3v) is 7.41. The number of nitrogens with one attached hydrogen (secondary N) is 2. The Hall–Kier alpha value is -1.93. The van der Waals surface area contributed by atoms with E-state index in [0.29, 0.717) is 25.2 Å². The molecule has 0 aromatic heterocycles. The van der Waals surface area contributed by atoms with Crippen LogP contribution in [-0.4, -0.2) is 44.8 Å². The third-order valence-electron chi connectivity index (χ3n) is 5.50. The Balaban J connectivity index is 0.00000240. The molecular formula is C21H26ClN3O3S. The maximum atomic E-state index is 12.6. The monoisotopic (exact) mass is 435 g/mol. The van der Waals surface area contributed by atoms with Crippen LogP contribution in [-0.2, 0) is 16.4 Å². The average molecular weight is 436 g/mol. The number of fused-ring (bicyclic) bond motifs is 1. The van der Waals surface area contributed by atoms with Gasteiger partial charge in [0.05, 0.1) is 4.90 Å². The van der Waals surface area contributed by atoms with Crippen LogP contribution in [0.2, 0.25) is 0 Å². The Bertz CT molecular complexity index is 957. The quantitative estimate of drug-likeness (QED) is 0.756. The molecule has 0 radical (unpaired) electrons. The van der Waals surface area contributed by atoms with Gasteiger partial charge in [-0.2, -0.15) is 4.31 Å². The Morgan fingerprint density at radius 2 is 1.76 bits per heavy atom. The van der Waals surface area contributed by atoms with Gasteiger partial charge in [-0.15, -0.1) is 12.4 Å². The molecule has 1 fully saturated rings. The van der Waals surface area contributed by atoms with Gasteiger partial charge in [0.15, 0.2) is 0 Å². The van der Waals surface area contributed by atoms with Gasteiger partial charge in [-0.1, -0.05) is 24.3 Å². The Labute approximate surface area is 178 Å². The summed E-state index contributed by atoms with van der Waals surface area (Å²) >= 11 is 0.